The first-order valence-electron chi connectivity index (χ1n) is 8.51. The van der Waals surface area contributed by atoms with E-state index in [-0.39, 0.29) is 0 Å². The van der Waals surface area contributed by atoms with E-state index in [0.29, 0.717) is 23.9 Å². The van der Waals surface area contributed by atoms with E-state index in [0.717, 1.165) is 6.42 Å². The molecule has 2 saturated heterocycles. The topological polar surface area (TPSA) is 35.5 Å². The molecule has 0 aromatic heterocycles. The van der Waals surface area contributed by atoms with Gasteiger partial charge < -0.3 is 10.4 Å². The highest BCUT2D eigenvalue weighted by Crippen LogP contribution is 2.27. The van der Waals surface area contributed by atoms with Gasteiger partial charge in [-0.25, -0.2) is 0 Å². The molecule has 1 aromatic rings. The highest BCUT2D eigenvalue weighted by molar-refractivity contribution is 5.26. The van der Waals surface area contributed by atoms with Gasteiger partial charge in [0.25, 0.3) is 0 Å². The molecule has 0 bridgehead atoms. The summed E-state index contributed by atoms with van der Waals surface area (Å²) in [7, 11) is 0. The number of phenols is 1. The number of benzene rings is 1. The smallest absolute Gasteiger partial charge is 0.115 e. The number of phenolic OH excluding ortho intramolecular Hbond substituents is 1. The molecule has 2 heterocycles. The van der Waals surface area contributed by atoms with Crippen molar-refractivity contribution in [1.29, 1.82) is 0 Å². The summed E-state index contributed by atoms with van der Waals surface area (Å²) in [6, 6.07) is 9.70. The van der Waals surface area contributed by atoms with Crippen LogP contribution in [-0.4, -0.2) is 41.2 Å². The van der Waals surface area contributed by atoms with Gasteiger partial charge in [-0.05, 0) is 69.8 Å². The van der Waals surface area contributed by atoms with Gasteiger partial charge in [0, 0.05) is 18.1 Å². The fraction of sp³-hybridized carbons (Fsp3) is 0.667. The third-order valence-corrected chi connectivity index (χ3v) is 5.19. The summed E-state index contributed by atoms with van der Waals surface area (Å²) in [5, 5.41) is 13.1. The first-order valence-corrected chi connectivity index (χ1v) is 8.51. The Labute approximate surface area is 128 Å². The van der Waals surface area contributed by atoms with Crippen LogP contribution < -0.4 is 5.32 Å². The molecule has 3 rings (SSSR count). The molecule has 3 heteroatoms. The highest BCUT2D eigenvalue weighted by Gasteiger charge is 2.33. The molecule has 0 amide bonds. The van der Waals surface area contributed by atoms with E-state index in [9.17, 15) is 5.11 Å². The van der Waals surface area contributed by atoms with Crippen LogP contribution in [0.4, 0.5) is 0 Å². The zero-order chi connectivity index (χ0) is 14.7. The summed E-state index contributed by atoms with van der Waals surface area (Å²) in [4.78, 5) is 2.74. The van der Waals surface area contributed by atoms with Crippen LogP contribution in [0.5, 0.6) is 5.75 Å². The molecular weight excluding hydrogens is 260 g/mol. The van der Waals surface area contributed by atoms with Gasteiger partial charge in [-0.15, -0.1) is 0 Å². The monoisotopic (exact) mass is 288 g/mol. The molecule has 3 nitrogen and oxygen atoms in total. The minimum atomic E-state index is 0.359. The van der Waals surface area contributed by atoms with Crippen LogP contribution >= 0.6 is 0 Å². The van der Waals surface area contributed by atoms with Gasteiger partial charge in [-0.1, -0.05) is 18.6 Å². The zero-order valence-corrected chi connectivity index (χ0v) is 13.1. The molecule has 2 aliphatic heterocycles. The second-order valence-electron chi connectivity index (χ2n) is 6.72. The maximum atomic E-state index is 9.41. The molecule has 0 saturated carbocycles. The summed E-state index contributed by atoms with van der Waals surface area (Å²) in [5.74, 6) is 0.359. The average Bonchev–Trinajstić information content (AvgIpc) is 3.04. The van der Waals surface area contributed by atoms with Crippen LogP contribution in [0.3, 0.4) is 0 Å². The maximum absolute atomic E-state index is 9.41. The molecule has 0 radical (unpaired) electrons. The van der Waals surface area contributed by atoms with E-state index < -0.39 is 0 Å². The molecule has 0 aliphatic carbocycles. The summed E-state index contributed by atoms with van der Waals surface area (Å²) < 4.78 is 0. The number of piperidine rings is 1. The third-order valence-electron chi connectivity index (χ3n) is 5.19. The van der Waals surface area contributed by atoms with Crippen molar-refractivity contribution < 1.29 is 5.11 Å². The quantitative estimate of drug-likeness (QED) is 0.894. The van der Waals surface area contributed by atoms with E-state index in [1.165, 1.54) is 50.8 Å². The summed E-state index contributed by atoms with van der Waals surface area (Å²) in [6.45, 7) is 4.80. The lowest BCUT2D eigenvalue weighted by atomic mass is 9.91. The van der Waals surface area contributed by atoms with E-state index in [1.54, 1.807) is 12.1 Å². The van der Waals surface area contributed by atoms with Gasteiger partial charge in [-0.3, -0.25) is 4.90 Å². The van der Waals surface area contributed by atoms with Crippen molar-refractivity contribution in [2.75, 3.05) is 13.1 Å². The second-order valence-corrected chi connectivity index (χ2v) is 6.72. The first-order chi connectivity index (χ1) is 10.2. The number of rotatable bonds is 4. The lowest BCUT2D eigenvalue weighted by molar-refractivity contribution is 0.0804. The van der Waals surface area contributed by atoms with E-state index >= 15 is 0 Å². The van der Waals surface area contributed by atoms with Gasteiger partial charge in [-0.2, -0.15) is 0 Å². The molecule has 2 N–H and O–H groups in total. The van der Waals surface area contributed by atoms with Crippen LogP contribution in [0.1, 0.15) is 44.6 Å². The number of nitrogens with one attached hydrogen (secondary N) is 1. The highest BCUT2D eigenvalue weighted by atomic mass is 16.3. The van der Waals surface area contributed by atoms with Crippen molar-refractivity contribution >= 4 is 0 Å². The zero-order valence-electron chi connectivity index (χ0n) is 13.1. The first kappa shape index (κ1) is 14.9. The van der Waals surface area contributed by atoms with Crippen molar-refractivity contribution in [1.82, 2.24) is 10.2 Å². The predicted molar refractivity (Wildman–Crippen MR) is 86.6 cm³/mol. The molecule has 3 atom stereocenters. The van der Waals surface area contributed by atoms with Crippen molar-refractivity contribution in [3.63, 3.8) is 0 Å². The van der Waals surface area contributed by atoms with Crippen molar-refractivity contribution in [2.24, 2.45) is 0 Å². The van der Waals surface area contributed by atoms with Crippen molar-refractivity contribution in [2.45, 2.75) is 63.6 Å². The van der Waals surface area contributed by atoms with Crippen LogP contribution in [0.2, 0.25) is 0 Å². The fourth-order valence-electron chi connectivity index (χ4n) is 4.09. The summed E-state index contributed by atoms with van der Waals surface area (Å²) in [5.41, 5.74) is 1.32. The number of aromatic hydroxyl groups is 1. The lowest BCUT2D eigenvalue weighted by Crippen LogP contribution is -2.53. The Morgan fingerprint density at radius 3 is 2.71 bits per heavy atom. The van der Waals surface area contributed by atoms with Gasteiger partial charge in [0.05, 0.1) is 0 Å². The Balaban J connectivity index is 1.65. The SMILES string of the molecule is CC(Cc1ccc(O)cc1)N1CCCCC1C1CCCN1. The largest absolute Gasteiger partial charge is 0.508 e. The minimum absolute atomic E-state index is 0.359. The molecule has 1 aromatic carbocycles. The Hall–Kier alpha value is -1.06. The molecule has 2 fully saturated rings. The van der Waals surface area contributed by atoms with Gasteiger partial charge in [0.2, 0.25) is 0 Å². The van der Waals surface area contributed by atoms with Crippen molar-refractivity contribution in [3.05, 3.63) is 29.8 Å². The van der Waals surface area contributed by atoms with Crippen LogP contribution in [0.15, 0.2) is 24.3 Å². The second kappa shape index (κ2) is 6.80. The average molecular weight is 288 g/mol. The van der Waals surface area contributed by atoms with Crippen LogP contribution in [0.25, 0.3) is 0 Å². The lowest BCUT2D eigenvalue weighted by Gasteiger charge is -2.43. The third kappa shape index (κ3) is 3.58. The molecule has 21 heavy (non-hydrogen) atoms. The maximum Gasteiger partial charge on any atom is 0.115 e. The van der Waals surface area contributed by atoms with Crippen LogP contribution in [0, 0.1) is 0 Å². The number of likely N-dealkylation sites (tertiary alicyclic amines) is 1. The Morgan fingerprint density at radius 2 is 2.00 bits per heavy atom. The summed E-state index contributed by atoms with van der Waals surface area (Å²) in [6.07, 6.45) is 7.81. The van der Waals surface area contributed by atoms with Crippen molar-refractivity contribution in [3.8, 4) is 5.75 Å². The Kier molecular flexibility index (Phi) is 4.81. The normalized spacial score (nSPS) is 28.6. The van der Waals surface area contributed by atoms with E-state index in [4.69, 9.17) is 0 Å². The predicted octanol–water partition coefficient (Wildman–Crippen LogP) is 2.93. The van der Waals surface area contributed by atoms with Gasteiger partial charge in [0.15, 0.2) is 0 Å². The molecular formula is C18H28N2O. The number of hydrogen-bond acceptors (Lipinski definition) is 3. The minimum Gasteiger partial charge on any atom is -0.508 e. The van der Waals surface area contributed by atoms with E-state index in [2.05, 4.69) is 29.3 Å². The molecule has 2 aliphatic rings. The van der Waals surface area contributed by atoms with Gasteiger partial charge in [0.1, 0.15) is 5.75 Å². The molecule has 116 valence electrons. The standard InChI is InChI=1S/C18H28N2O/c1-14(13-15-7-9-16(21)10-8-15)20-12-3-2-6-18(20)17-5-4-11-19-17/h7-10,14,17-19,21H,2-6,11-13H2,1H3. The number of nitrogens with zero attached hydrogens (tertiary/aromatic N) is 1. The summed E-state index contributed by atoms with van der Waals surface area (Å²) >= 11 is 0. The Bertz CT molecular complexity index is 439. The van der Waals surface area contributed by atoms with E-state index in [1.807, 2.05) is 0 Å². The van der Waals surface area contributed by atoms with Gasteiger partial charge >= 0.3 is 0 Å². The fourth-order valence-corrected chi connectivity index (χ4v) is 4.09. The number of hydrogen-bond donors (Lipinski definition) is 2. The van der Waals surface area contributed by atoms with Crippen LogP contribution in [-0.2, 0) is 6.42 Å². The molecule has 0 spiro atoms. The molecule has 3 unspecified atom stereocenters. The Morgan fingerprint density at radius 1 is 1.19 bits per heavy atom.